The number of hydrogen-bond acceptors (Lipinski definition) is 8. The summed E-state index contributed by atoms with van der Waals surface area (Å²) < 4.78 is 5.79. The van der Waals surface area contributed by atoms with Gasteiger partial charge in [0, 0.05) is 35.6 Å². The van der Waals surface area contributed by atoms with E-state index in [-0.39, 0.29) is 12.3 Å². The Hall–Kier alpha value is -3.37. The van der Waals surface area contributed by atoms with Crippen molar-refractivity contribution in [3.05, 3.63) is 83.1 Å². The number of nitrogens with zero attached hydrogens (tertiary/aromatic N) is 3. The molecule has 146 valence electrons. The molecule has 9 heteroatoms. The smallest absolute Gasteiger partial charge is 0.227 e. The van der Waals surface area contributed by atoms with Crippen LogP contribution in [0.25, 0.3) is 10.7 Å². The van der Waals surface area contributed by atoms with Crippen LogP contribution in [-0.2, 0) is 6.61 Å². The summed E-state index contributed by atoms with van der Waals surface area (Å²) in [6.07, 6.45) is 3.41. The third-order valence-electron chi connectivity index (χ3n) is 4.04. The Morgan fingerprint density at radius 2 is 1.97 bits per heavy atom. The number of aromatic nitrogens is 3. The van der Waals surface area contributed by atoms with Crippen LogP contribution >= 0.6 is 11.3 Å². The van der Waals surface area contributed by atoms with Crippen molar-refractivity contribution in [2.45, 2.75) is 6.61 Å². The van der Waals surface area contributed by atoms with Gasteiger partial charge in [-0.2, -0.15) is 5.23 Å². The van der Waals surface area contributed by atoms with Gasteiger partial charge in [-0.05, 0) is 24.3 Å². The van der Waals surface area contributed by atoms with Crippen LogP contribution in [0.15, 0.2) is 72.4 Å². The van der Waals surface area contributed by atoms with Crippen molar-refractivity contribution >= 4 is 28.7 Å². The summed E-state index contributed by atoms with van der Waals surface area (Å²) in [7, 11) is 0. The van der Waals surface area contributed by atoms with Crippen molar-refractivity contribution in [3.63, 3.8) is 0 Å². The second-order valence-corrected chi connectivity index (χ2v) is 6.90. The fourth-order valence-corrected chi connectivity index (χ4v) is 3.30. The zero-order valence-corrected chi connectivity index (χ0v) is 16.0. The molecule has 29 heavy (non-hydrogen) atoms. The molecule has 0 spiro atoms. The Kier molecular flexibility index (Phi) is 5.73. The minimum atomic E-state index is -0.975. The number of benzene rings is 2. The fourth-order valence-electron chi connectivity index (χ4n) is 2.70. The minimum absolute atomic E-state index is 0.155. The zero-order valence-electron chi connectivity index (χ0n) is 15.1. The van der Waals surface area contributed by atoms with Gasteiger partial charge in [-0.1, -0.05) is 18.2 Å². The fraction of sp³-hybridized carbons (Fsp3) is 0.0500. The van der Waals surface area contributed by atoms with Crippen LogP contribution in [0.1, 0.15) is 5.56 Å². The number of hydrogen-bond donors (Lipinski definition) is 3. The topological polar surface area (TPSA) is 108 Å². The van der Waals surface area contributed by atoms with E-state index in [0.29, 0.717) is 17.3 Å². The third-order valence-corrected chi connectivity index (χ3v) is 4.83. The van der Waals surface area contributed by atoms with Crippen molar-refractivity contribution in [3.8, 4) is 16.5 Å². The SMILES string of the molecule is [O-][NH+](O)c1ccccc1COc1cccc(Nc2nccc(-c3nccs3)n2)c1. The minimum Gasteiger partial charge on any atom is -0.595 e. The van der Waals surface area contributed by atoms with Crippen LogP contribution in [-0.4, -0.2) is 20.2 Å². The highest BCUT2D eigenvalue weighted by Gasteiger charge is 2.09. The average molecular weight is 407 g/mol. The normalized spacial score (nSPS) is 11.8. The highest BCUT2D eigenvalue weighted by molar-refractivity contribution is 7.13. The van der Waals surface area contributed by atoms with E-state index in [2.05, 4.69) is 20.3 Å². The first-order chi connectivity index (χ1) is 14.2. The molecule has 0 amide bonds. The molecule has 0 bridgehead atoms. The van der Waals surface area contributed by atoms with E-state index in [1.54, 1.807) is 42.7 Å². The third kappa shape index (κ3) is 4.73. The van der Waals surface area contributed by atoms with Gasteiger partial charge in [0.05, 0.1) is 5.56 Å². The molecule has 0 aliphatic rings. The number of anilines is 2. The highest BCUT2D eigenvalue weighted by atomic mass is 32.1. The molecule has 0 saturated heterocycles. The maximum Gasteiger partial charge on any atom is 0.227 e. The second-order valence-electron chi connectivity index (χ2n) is 6.01. The van der Waals surface area contributed by atoms with Crippen LogP contribution in [0.4, 0.5) is 17.3 Å². The van der Waals surface area contributed by atoms with Crippen molar-refractivity contribution < 1.29 is 15.2 Å². The van der Waals surface area contributed by atoms with E-state index in [4.69, 9.17) is 4.74 Å². The van der Waals surface area contributed by atoms with Gasteiger partial charge in [-0.25, -0.2) is 20.2 Å². The molecule has 4 aromatic rings. The van der Waals surface area contributed by atoms with Crippen LogP contribution in [0.2, 0.25) is 0 Å². The number of rotatable bonds is 7. The van der Waals surface area contributed by atoms with Crippen molar-refractivity contribution in [2.24, 2.45) is 0 Å². The molecule has 2 aromatic heterocycles. The van der Waals surface area contributed by atoms with E-state index in [1.165, 1.54) is 11.3 Å². The van der Waals surface area contributed by atoms with E-state index >= 15 is 0 Å². The molecule has 2 heterocycles. The molecule has 0 fully saturated rings. The monoisotopic (exact) mass is 407 g/mol. The Morgan fingerprint density at radius 1 is 1.07 bits per heavy atom. The van der Waals surface area contributed by atoms with Gasteiger partial charge in [-0.15, -0.1) is 11.3 Å². The summed E-state index contributed by atoms with van der Waals surface area (Å²) in [6.45, 7) is 0.155. The molecular weight excluding hydrogens is 390 g/mol. The largest absolute Gasteiger partial charge is 0.595 e. The van der Waals surface area contributed by atoms with Crippen LogP contribution in [0.5, 0.6) is 5.75 Å². The Balaban J connectivity index is 1.46. The van der Waals surface area contributed by atoms with E-state index in [9.17, 15) is 10.4 Å². The molecule has 2 aromatic carbocycles. The van der Waals surface area contributed by atoms with Gasteiger partial charge >= 0.3 is 0 Å². The first kappa shape index (κ1) is 19.0. The molecule has 1 atom stereocenters. The number of nitrogens with one attached hydrogen (secondary N) is 2. The van der Waals surface area contributed by atoms with E-state index < -0.39 is 5.23 Å². The van der Waals surface area contributed by atoms with Gasteiger partial charge in [0.15, 0.2) is 5.69 Å². The molecule has 1 unspecified atom stereocenters. The predicted octanol–water partition coefficient (Wildman–Crippen LogP) is 3.33. The predicted molar refractivity (Wildman–Crippen MR) is 109 cm³/mol. The van der Waals surface area contributed by atoms with Gasteiger partial charge in [-0.3, -0.25) is 0 Å². The van der Waals surface area contributed by atoms with Gasteiger partial charge < -0.3 is 15.3 Å². The molecule has 0 saturated carbocycles. The standard InChI is InChI=1S/C20H17N5O3S/c26-25(27)18-7-2-1-4-14(18)13-28-16-6-3-5-15(12-16)23-20-22-9-8-17(24-20)19-21-10-11-29-19/h1-12,25-26H,13H2,(H,22,23,24). The maximum absolute atomic E-state index is 11.3. The number of quaternary nitrogens is 1. The molecule has 0 radical (unpaired) electrons. The Morgan fingerprint density at radius 3 is 2.79 bits per heavy atom. The Bertz CT molecular complexity index is 1090. The maximum atomic E-state index is 11.3. The zero-order chi connectivity index (χ0) is 20.1. The number of ether oxygens (including phenoxy) is 1. The van der Waals surface area contributed by atoms with Crippen molar-refractivity contribution in [2.75, 3.05) is 5.32 Å². The first-order valence-corrected chi connectivity index (χ1v) is 9.61. The summed E-state index contributed by atoms with van der Waals surface area (Å²) >= 11 is 1.51. The lowest BCUT2D eigenvalue weighted by Gasteiger charge is -2.16. The lowest BCUT2D eigenvalue weighted by atomic mass is 10.2. The molecule has 0 aliphatic heterocycles. The summed E-state index contributed by atoms with van der Waals surface area (Å²) in [5.41, 5.74) is 2.34. The van der Waals surface area contributed by atoms with Crippen LogP contribution in [0.3, 0.4) is 0 Å². The molecule has 8 nitrogen and oxygen atoms in total. The molecular formula is C20H17N5O3S. The summed E-state index contributed by atoms with van der Waals surface area (Å²) in [4.78, 5) is 13.0. The summed E-state index contributed by atoms with van der Waals surface area (Å²) in [5, 5.41) is 25.5. The summed E-state index contributed by atoms with van der Waals surface area (Å²) in [6, 6.07) is 15.9. The average Bonchev–Trinajstić information content (AvgIpc) is 3.28. The second kappa shape index (κ2) is 8.76. The molecule has 4 rings (SSSR count). The quantitative estimate of drug-likeness (QED) is 0.403. The molecule has 0 aliphatic carbocycles. The van der Waals surface area contributed by atoms with Gasteiger partial charge in [0.25, 0.3) is 0 Å². The van der Waals surface area contributed by atoms with Crippen molar-refractivity contribution in [1.29, 1.82) is 0 Å². The van der Waals surface area contributed by atoms with E-state index in [0.717, 1.165) is 16.4 Å². The van der Waals surface area contributed by atoms with Gasteiger partial charge in [0.2, 0.25) is 5.95 Å². The van der Waals surface area contributed by atoms with Crippen LogP contribution in [0, 0.1) is 5.21 Å². The first-order valence-electron chi connectivity index (χ1n) is 8.73. The lowest BCUT2D eigenvalue weighted by Crippen LogP contribution is -2.99. The lowest BCUT2D eigenvalue weighted by molar-refractivity contribution is -0.991. The number of para-hydroxylation sites is 1. The summed E-state index contributed by atoms with van der Waals surface area (Å²) in [5.74, 6) is 1.05. The van der Waals surface area contributed by atoms with Crippen molar-refractivity contribution in [1.82, 2.24) is 15.0 Å². The van der Waals surface area contributed by atoms with Crippen LogP contribution < -0.4 is 15.3 Å². The molecule has 3 N–H and O–H groups in total. The van der Waals surface area contributed by atoms with Gasteiger partial charge in [0.1, 0.15) is 23.1 Å². The number of thiazole rings is 1. The van der Waals surface area contributed by atoms with E-state index in [1.807, 2.05) is 29.6 Å². The highest BCUT2D eigenvalue weighted by Crippen LogP contribution is 2.24. The Labute approximate surface area is 170 Å².